The van der Waals surface area contributed by atoms with Crippen LogP contribution in [0.2, 0.25) is 0 Å². The average Bonchev–Trinajstić information content (AvgIpc) is 3.51. The van der Waals surface area contributed by atoms with E-state index in [0.29, 0.717) is 45.8 Å². The Kier molecular flexibility index (Phi) is 6.86. The van der Waals surface area contributed by atoms with E-state index in [9.17, 15) is 0 Å². The van der Waals surface area contributed by atoms with E-state index in [-0.39, 0.29) is 17.8 Å². The lowest BCUT2D eigenvalue weighted by Crippen LogP contribution is -2.59. The molecule has 3 heterocycles. The van der Waals surface area contributed by atoms with Gasteiger partial charge in [-0.3, -0.25) is 4.90 Å². The fourth-order valence-electron chi connectivity index (χ4n) is 13.7. The van der Waals surface area contributed by atoms with Gasteiger partial charge in [0, 0.05) is 13.2 Å². The lowest BCUT2D eigenvalue weighted by molar-refractivity contribution is -0.255. The third-order valence-electron chi connectivity index (χ3n) is 15.7. The van der Waals surface area contributed by atoms with Crippen LogP contribution in [0.25, 0.3) is 0 Å². The van der Waals surface area contributed by atoms with Gasteiger partial charge in [0.05, 0.1) is 57.3 Å². The molecule has 0 radical (unpaired) electrons. The zero-order valence-electron chi connectivity index (χ0n) is 27.5. The fraction of sp³-hybridized carbons (Fsp3) is 1.00. The molecule has 0 aromatic carbocycles. The molecule has 238 valence electrons. The van der Waals surface area contributed by atoms with Crippen molar-refractivity contribution in [3.63, 3.8) is 0 Å². The summed E-state index contributed by atoms with van der Waals surface area (Å²) in [5.74, 6) is 3.04. The van der Waals surface area contributed by atoms with Crippen LogP contribution in [0.15, 0.2) is 0 Å². The van der Waals surface area contributed by atoms with Crippen LogP contribution >= 0.6 is 0 Å². The summed E-state index contributed by atoms with van der Waals surface area (Å²) in [4.78, 5) is 2.54. The number of morpholine rings is 1. The molecular formula is C36H59NO5. The van der Waals surface area contributed by atoms with Crippen LogP contribution in [0.3, 0.4) is 0 Å². The number of fused-ring (bicyclic) bond motifs is 4. The molecule has 0 aromatic heterocycles. The second kappa shape index (κ2) is 9.88. The molecule has 0 amide bonds. The van der Waals surface area contributed by atoms with Crippen molar-refractivity contribution in [3.8, 4) is 0 Å². The van der Waals surface area contributed by atoms with E-state index in [0.717, 1.165) is 63.9 Å². The van der Waals surface area contributed by atoms with Crippen molar-refractivity contribution in [3.05, 3.63) is 0 Å². The maximum atomic E-state index is 6.93. The minimum absolute atomic E-state index is 0.0909. The van der Waals surface area contributed by atoms with E-state index in [1.54, 1.807) is 0 Å². The van der Waals surface area contributed by atoms with Crippen LogP contribution in [-0.2, 0) is 23.7 Å². The summed E-state index contributed by atoms with van der Waals surface area (Å²) in [5.41, 5.74) is 2.05. The van der Waals surface area contributed by atoms with Crippen LogP contribution in [0.5, 0.6) is 0 Å². The molecule has 5 saturated carbocycles. The van der Waals surface area contributed by atoms with Gasteiger partial charge >= 0.3 is 0 Å². The van der Waals surface area contributed by atoms with Gasteiger partial charge in [-0.1, -0.05) is 34.6 Å². The Morgan fingerprint density at radius 1 is 0.929 bits per heavy atom. The van der Waals surface area contributed by atoms with E-state index >= 15 is 0 Å². The number of nitrogens with zero attached hydrogens (tertiary/aromatic N) is 1. The third-order valence-corrected chi connectivity index (χ3v) is 15.7. The maximum absolute atomic E-state index is 6.93. The molecule has 0 N–H and O–H groups in total. The van der Waals surface area contributed by atoms with Gasteiger partial charge in [0.25, 0.3) is 0 Å². The van der Waals surface area contributed by atoms with Crippen LogP contribution < -0.4 is 0 Å². The molecule has 42 heavy (non-hydrogen) atoms. The minimum Gasteiger partial charge on any atom is -0.379 e. The molecular weight excluding hydrogens is 526 g/mol. The Morgan fingerprint density at radius 3 is 2.48 bits per heavy atom. The second-order valence-electron chi connectivity index (χ2n) is 17.4. The van der Waals surface area contributed by atoms with Gasteiger partial charge in [0.15, 0.2) is 6.29 Å². The van der Waals surface area contributed by atoms with Crippen molar-refractivity contribution in [2.45, 2.75) is 130 Å². The summed E-state index contributed by atoms with van der Waals surface area (Å²) in [6, 6.07) is 0.561. The first-order valence-corrected chi connectivity index (χ1v) is 17.9. The monoisotopic (exact) mass is 585 g/mol. The molecule has 0 bridgehead atoms. The molecule has 12 atom stereocenters. The largest absolute Gasteiger partial charge is 0.379 e. The molecule has 8 aliphatic rings. The van der Waals surface area contributed by atoms with Crippen molar-refractivity contribution in [2.75, 3.05) is 46.1 Å². The molecule has 8 rings (SSSR count). The smallest absolute Gasteiger partial charge is 0.170 e. The molecule has 12 unspecified atom stereocenters. The van der Waals surface area contributed by atoms with E-state index < -0.39 is 0 Å². The number of hydrogen-bond acceptors (Lipinski definition) is 6. The lowest BCUT2D eigenvalue weighted by atomic mass is 9.41. The van der Waals surface area contributed by atoms with Crippen molar-refractivity contribution in [1.82, 2.24) is 4.90 Å². The minimum atomic E-state index is -0.0909. The first-order valence-electron chi connectivity index (χ1n) is 17.9. The van der Waals surface area contributed by atoms with Crippen molar-refractivity contribution >= 4 is 0 Å². The highest BCUT2D eigenvalue weighted by Gasteiger charge is 2.83. The molecule has 3 aliphatic heterocycles. The Morgan fingerprint density at radius 2 is 1.71 bits per heavy atom. The van der Waals surface area contributed by atoms with E-state index in [1.807, 2.05) is 0 Å². The number of ether oxygens (including phenoxy) is 5. The second-order valence-corrected chi connectivity index (χ2v) is 17.4. The average molecular weight is 586 g/mol. The predicted molar refractivity (Wildman–Crippen MR) is 162 cm³/mol. The number of rotatable bonds is 6. The fourth-order valence-corrected chi connectivity index (χ4v) is 13.7. The van der Waals surface area contributed by atoms with Crippen LogP contribution in [-0.4, -0.2) is 81.7 Å². The molecule has 2 spiro atoms. The summed E-state index contributed by atoms with van der Waals surface area (Å²) in [5, 5.41) is 0. The SMILES string of the molecule is CCOCC1CC(C)C2C(CC3(C)C4CCC5C(C)(C)C(OC6CN(C7COC7)CCO6)CCC56CC46CCC23C)O1. The highest BCUT2D eigenvalue weighted by Crippen LogP contribution is 2.89. The van der Waals surface area contributed by atoms with Gasteiger partial charge in [-0.2, -0.15) is 0 Å². The summed E-state index contributed by atoms with van der Waals surface area (Å²) >= 11 is 0. The summed E-state index contributed by atoms with van der Waals surface area (Å²) < 4.78 is 31.4. The van der Waals surface area contributed by atoms with Gasteiger partial charge < -0.3 is 23.7 Å². The quantitative estimate of drug-likeness (QED) is 0.364. The van der Waals surface area contributed by atoms with E-state index in [2.05, 4.69) is 46.4 Å². The van der Waals surface area contributed by atoms with Gasteiger partial charge in [-0.05, 0) is 115 Å². The van der Waals surface area contributed by atoms with Gasteiger partial charge in [-0.25, -0.2) is 0 Å². The van der Waals surface area contributed by atoms with Gasteiger partial charge in [0.2, 0.25) is 0 Å². The zero-order valence-corrected chi connectivity index (χ0v) is 27.5. The van der Waals surface area contributed by atoms with Crippen LogP contribution in [0, 0.1) is 50.7 Å². The first-order chi connectivity index (χ1) is 20.1. The summed E-state index contributed by atoms with van der Waals surface area (Å²) in [6.45, 7) is 21.2. The third kappa shape index (κ3) is 3.84. The Hall–Kier alpha value is -0.240. The molecule has 5 aliphatic carbocycles. The van der Waals surface area contributed by atoms with Crippen molar-refractivity contribution < 1.29 is 23.7 Å². The molecule has 6 heteroatoms. The Labute approximate surface area is 255 Å². The number of hydrogen-bond donors (Lipinski definition) is 0. The normalized spacial score (nSPS) is 55.0. The topological polar surface area (TPSA) is 49.4 Å². The maximum Gasteiger partial charge on any atom is 0.170 e. The Balaban J connectivity index is 1.00. The van der Waals surface area contributed by atoms with E-state index in [4.69, 9.17) is 23.7 Å². The zero-order chi connectivity index (χ0) is 29.1. The lowest BCUT2D eigenvalue weighted by Gasteiger charge is -2.63. The van der Waals surface area contributed by atoms with Crippen molar-refractivity contribution in [2.24, 2.45) is 50.7 Å². The van der Waals surface area contributed by atoms with Gasteiger partial charge in [0.1, 0.15) is 0 Å². The highest BCUT2D eigenvalue weighted by atomic mass is 16.7. The predicted octanol–water partition coefficient (Wildman–Crippen LogP) is 6.31. The Bertz CT molecular complexity index is 1050. The summed E-state index contributed by atoms with van der Waals surface area (Å²) in [7, 11) is 0. The van der Waals surface area contributed by atoms with Crippen LogP contribution in [0.1, 0.15) is 99.3 Å². The molecule has 8 fully saturated rings. The van der Waals surface area contributed by atoms with Gasteiger partial charge in [-0.15, -0.1) is 0 Å². The molecule has 0 aromatic rings. The molecule has 6 nitrogen and oxygen atoms in total. The standard InChI is InChI=1S/C36H59NO5/c1-7-38-21-25-16-23(2)31-26(41-25)17-34(6)28-9-8-27-32(3,4)29(42-30-18-37(14-15-40-30)24-19-39-20-24)10-11-35(27)22-36(28,35)13-12-33(31,34)5/h23-31H,7-22H2,1-6H3. The van der Waals surface area contributed by atoms with Crippen molar-refractivity contribution in [1.29, 1.82) is 0 Å². The highest BCUT2D eigenvalue weighted by molar-refractivity contribution is 5.31. The summed E-state index contributed by atoms with van der Waals surface area (Å²) in [6.07, 6.45) is 13.0. The first kappa shape index (κ1) is 29.2. The molecule has 3 saturated heterocycles. The van der Waals surface area contributed by atoms with E-state index in [1.165, 1.54) is 57.8 Å². The van der Waals surface area contributed by atoms with Crippen LogP contribution in [0.4, 0.5) is 0 Å².